The summed E-state index contributed by atoms with van der Waals surface area (Å²) >= 11 is 0. The van der Waals surface area contributed by atoms with Crippen molar-refractivity contribution in [2.75, 3.05) is 13.1 Å². The fourth-order valence-corrected chi connectivity index (χ4v) is 3.39. The Labute approximate surface area is 112 Å². The first-order valence-electron chi connectivity index (χ1n) is 7.44. The van der Waals surface area contributed by atoms with Crippen molar-refractivity contribution in [2.45, 2.75) is 77.3 Å². The minimum absolute atomic E-state index is 0.0306. The third-order valence-electron chi connectivity index (χ3n) is 4.76. The van der Waals surface area contributed by atoms with Gasteiger partial charge in [0.25, 0.3) is 0 Å². The molecule has 0 bridgehead atoms. The summed E-state index contributed by atoms with van der Waals surface area (Å²) in [6.07, 6.45) is 7.08. The zero-order chi connectivity index (χ0) is 13.4. The molecule has 3 nitrogen and oxygen atoms in total. The molecule has 2 rings (SSSR count). The van der Waals surface area contributed by atoms with Crippen molar-refractivity contribution in [3.8, 4) is 0 Å². The first kappa shape index (κ1) is 13.7. The molecule has 0 aromatic heterocycles. The van der Waals surface area contributed by atoms with Gasteiger partial charge in [0.05, 0.1) is 0 Å². The topological polar surface area (TPSA) is 23.6 Å². The van der Waals surface area contributed by atoms with E-state index in [4.69, 9.17) is 0 Å². The highest BCUT2D eigenvalue weighted by Crippen LogP contribution is 2.33. The summed E-state index contributed by atoms with van der Waals surface area (Å²) in [4.78, 5) is 17.1. The normalized spacial score (nSPS) is 27.1. The summed E-state index contributed by atoms with van der Waals surface area (Å²) in [6, 6.07) is 0.268. The fourth-order valence-electron chi connectivity index (χ4n) is 3.39. The van der Waals surface area contributed by atoms with Crippen molar-refractivity contribution in [3.63, 3.8) is 0 Å². The third kappa shape index (κ3) is 2.50. The minimum atomic E-state index is 0.0306. The van der Waals surface area contributed by atoms with Crippen molar-refractivity contribution in [2.24, 2.45) is 0 Å². The van der Waals surface area contributed by atoms with E-state index >= 15 is 0 Å². The van der Waals surface area contributed by atoms with Crippen LogP contribution in [0, 0.1) is 0 Å². The number of hydrogen-bond acceptors (Lipinski definition) is 1. The minimum Gasteiger partial charge on any atom is -0.320 e. The molecule has 0 atom stereocenters. The summed E-state index contributed by atoms with van der Waals surface area (Å²) < 4.78 is 0. The predicted molar refractivity (Wildman–Crippen MR) is 74.7 cm³/mol. The van der Waals surface area contributed by atoms with Crippen molar-refractivity contribution >= 4 is 6.03 Å². The van der Waals surface area contributed by atoms with E-state index in [0.717, 1.165) is 38.8 Å². The van der Waals surface area contributed by atoms with Crippen molar-refractivity contribution in [3.05, 3.63) is 0 Å². The standard InChI is InChI=1S/C15H28N2O/c1-14(2)9-5-7-11-16(14)13(18)17-12-8-6-10-15(17,3)4/h5-12H2,1-4H3. The number of rotatable bonds is 0. The lowest BCUT2D eigenvalue weighted by Crippen LogP contribution is -2.61. The molecule has 0 aliphatic carbocycles. The molecule has 2 saturated heterocycles. The van der Waals surface area contributed by atoms with Gasteiger partial charge in [-0.05, 0) is 66.2 Å². The molecule has 0 radical (unpaired) electrons. The summed E-state index contributed by atoms with van der Waals surface area (Å²) in [6.45, 7) is 10.7. The van der Waals surface area contributed by atoms with Crippen molar-refractivity contribution in [1.29, 1.82) is 0 Å². The molecule has 0 unspecified atom stereocenters. The van der Waals surface area contributed by atoms with Gasteiger partial charge in [-0.15, -0.1) is 0 Å². The lowest BCUT2D eigenvalue weighted by atomic mass is 9.88. The molecular formula is C15H28N2O. The quantitative estimate of drug-likeness (QED) is 0.645. The van der Waals surface area contributed by atoms with Gasteiger partial charge in [0, 0.05) is 24.2 Å². The average molecular weight is 252 g/mol. The number of nitrogens with zero attached hydrogens (tertiary/aromatic N) is 2. The first-order chi connectivity index (χ1) is 8.34. The zero-order valence-corrected chi connectivity index (χ0v) is 12.5. The number of likely N-dealkylation sites (tertiary alicyclic amines) is 2. The number of urea groups is 1. The lowest BCUT2D eigenvalue weighted by Gasteiger charge is -2.50. The number of piperidine rings is 2. The van der Waals surface area contributed by atoms with Crippen LogP contribution in [0.3, 0.4) is 0 Å². The van der Waals surface area contributed by atoms with Crippen molar-refractivity contribution < 1.29 is 4.79 Å². The van der Waals surface area contributed by atoms with Crippen LogP contribution in [-0.2, 0) is 0 Å². The van der Waals surface area contributed by atoms with Crippen LogP contribution in [0.2, 0.25) is 0 Å². The Kier molecular flexibility index (Phi) is 3.61. The molecule has 0 spiro atoms. The van der Waals surface area contributed by atoms with E-state index in [1.807, 2.05) is 0 Å². The second kappa shape index (κ2) is 4.75. The maximum Gasteiger partial charge on any atom is 0.320 e. The van der Waals surface area contributed by atoms with Crippen LogP contribution in [0.25, 0.3) is 0 Å². The summed E-state index contributed by atoms with van der Waals surface area (Å²) in [7, 11) is 0. The van der Waals surface area contributed by atoms with Crippen LogP contribution in [0.15, 0.2) is 0 Å². The monoisotopic (exact) mass is 252 g/mol. The largest absolute Gasteiger partial charge is 0.320 e. The number of carbonyl (C=O) groups is 1. The van der Waals surface area contributed by atoms with Gasteiger partial charge in [0.2, 0.25) is 0 Å². The zero-order valence-electron chi connectivity index (χ0n) is 12.5. The van der Waals surface area contributed by atoms with Crippen LogP contribution >= 0.6 is 0 Å². The van der Waals surface area contributed by atoms with Crippen LogP contribution in [0.4, 0.5) is 4.79 Å². The summed E-state index contributed by atoms with van der Waals surface area (Å²) in [5.41, 5.74) is 0.0612. The Hall–Kier alpha value is -0.730. The summed E-state index contributed by atoms with van der Waals surface area (Å²) in [5.74, 6) is 0. The molecule has 2 heterocycles. The van der Waals surface area contributed by atoms with Gasteiger partial charge >= 0.3 is 6.03 Å². The number of carbonyl (C=O) groups excluding carboxylic acids is 1. The van der Waals surface area contributed by atoms with Crippen LogP contribution < -0.4 is 0 Å². The molecule has 0 aromatic carbocycles. The van der Waals surface area contributed by atoms with E-state index in [9.17, 15) is 4.79 Å². The highest BCUT2D eigenvalue weighted by atomic mass is 16.2. The van der Waals surface area contributed by atoms with Gasteiger partial charge in [-0.2, -0.15) is 0 Å². The second-order valence-corrected chi connectivity index (χ2v) is 7.12. The molecule has 2 amide bonds. The van der Waals surface area contributed by atoms with Crippen molar-refractivity contribution in [1.82, 2.24) is 9.80 Å². The van der Waals surface area contributed by atoms with Crippen LogP contribution in [-0.4, -0.2) is 40.0 Å². The lowest BCUT2D eigenvalue weighted by molar-refractivity contribution is 0.0361. The molecule has 104 valence electrons. The Balaban J connectivity index is 2.14. The SMILES string of the molecule is CC1(C)CCCCN1C(=O)N1CCCCC1(C)C. The first-order valence-corrected chi connectivity index (χ1v) is 7.44. The van der Waals surface area contributed by atoms with Gasteiger partial charge in [-0.1, -0.05) is 0 Å². The van der Waals surface area contributed by atoms with Gasteiger partial charge in [-0.25, -0.2) is 4.79 Å². The van der Waals surface area contributed by atoms with Crippen LogP contribution in [0.5, 0.6) is 0 Å². The highest BCUT2D eigenvalue weighted by Gasteiger charge is 2.40. The molecular weight excluding hydrogens is 224 g/mol. The van der Waals surface area contributed by atoms with Gasteiger partial charge in [0.15, 0.2) is 0 Å². The highest BCUT2D eigenvalue weighted by molar-refractivity contribution is 5.76. The Morgan fingerprint density at radius 2 is 1.17 bits per heavy atom. The average Bonchev–Trinajstić information content (AvgIpc) is 2.27. The maximum atomic E-state index is 12.8. The fraction of sp³-hybridized carbons (Fsp3) is 0.933. The smallest absolute Gasteiger partial charge is 0.320 e. The Morgan fingerprint density at radius 1 is 0.778 bits per heavy atom. The number of hydrogen-bond donors (Lipinski definition) is 0. The molecule has 0 saturated carbocycles. The predicted octanol–water partition coefficient (Wildman–Crippen LogP) is 3.64. The van der Waals surface area contributed by atoms with Gasteiger partial charge in [-0.3, -0.25) is 0 Å². The van der Waals surface area contributed by atoms with E-state index in [2.05, 4.69) is 37.5 Å². The molecule has 2 aliphatic heterocycles. The molecule has 0 aromatic rings. The van der Waals surface area contributed by atoms with Crippen LogP contribution in [0.1, 0.15) is 66.2 Å². The second-order valence-electron chi connectivity index (χ2n) is 7.12. The maximum absolute atomic E-state index is 12.8. The van der Waals surface area contributed by atoms with Gasteiger partial charge < -0.3 is 9.80 Å². The molecule has 18 heavy (non-hydrogen) atoms. The molecule has 0 N–H and O–H groups in total. The third-order valence-corrected chi connectivity index (χ3v) is 4.76. The van der Waals surface area contributed by atoms with E-state index in [0.29, 0.717) is 0 Å². The molecule has 2 fully saturated rings. The summed E-state index contributed by atoms with van der Waals surface area (Å²) in [5, 5.41) is 0. The van der Waals surface area contributed by atoms with E-state index in [1.54, 1.807) is 0 Å². The Morgan fingerprint density at radius 3 is 1.50 bits per heavy atom. The molecule has 3 heteroatoms. The van der Waals surface area contributed by atoms with E-state index in [1.165, 1.54) is 12.8 Å². The molecule has 2 aliphatic rings. The van der Waals surface area contributed by atoms with E-state index in [-0.39, 0.29) is 17.1 Å². The Bertz CT molecular complexity index is 292. The van der Waals surface area contributed by atoms with E-state index < -0.39 is 0 Å². The number of amides is 2. The van der Waals surface area contributed by atoms with Gasteiger partial charge in [0.1, 0.15) is 0 Å².